The van der Waals surface area contributed by atoms with Gasteiger partial charge >= 0.3 is 25.6 Å². The van der Waals surface area contributed by atoms with Crippen LogP contribution in [0.4, 0.5) is 0 Å². The van der Waals surface area contributed by atoms with Crippen LogP contribution in [0.2, 0.25) is 0 Å². The van der Waals surface area contributed by atoms with Gasteiger partial charge in [-0.15, -0.1) is 0 Å². The van der Waals surface area contributed by atoms with Gasteiger partial charge in [-0.3, -0.25) is 9.97 Å². The molecule has 0 spiro atoms. The van der Waals surface area contributed by atoms with E-state index >= 15 is 0 Å². The van der Waals surface area contributed by atoms with Crippen LogP contribution in [0, 0.1) is 0 Å². The van der Waals surface area contributed by atoms with E-state index in [0.29, 0.717) is 0 Å². The molecule has 0 N–H and O–H groups in total. The Kier molecular flexibility index (Phi) is 8.37. The summed E-state index contributed by atoms with van der Waals surface area (Å²) in [6, 6.07) is 11.6. The maximum absolute atomic E-state index is 4.64. The van der Waals surface area contributed by atoms with Crippen molar-refractivity contribution >= 4 is 25.6 Å². The molecular weight excluding hydrogens is 292 g/mol. The van der Waals surface area contributed by atoms with Gasteiger partial charge in [-0.1, -0.05) is 12.1 Å². The van der Waals surface area contributed by atoms with E-state index in [1.165, 1.54) is 15.6 Å². The van der Waals surface area contributed by atoms with Crippen LogP contribution >= 0.6 is 10.0 Å². The summed E-state index contributed by atoms with van der Waals surface area (Å²) in [6.07, 6.45) is 3.54. The first-order valence-electron chi connectivity index (χ1n) is 3.98. The van der Waals surface area contributed by atoms with Gasteiger partial charge in [-0.2, -0.15) is 0 Å². The van der Waals surface area contributed by atoms with Crippen LogP contribution in [0.15, 0.2) is 48.8 Å². The third-order valence-electron chi connectivity index (χ3n) is 1.59. The number of hydrogen-bond acceptors (Lipinski definition) is 2. The van der Waals surface area contributed by atoms with Gasteiger partial charge in [0.15, 0.2) is 0 Å². The molecule has 15 heavy (non-hydrogen) atoms. The standard InChI is InChI=1S/C10H8N2.ClGe.ClH/c1-3-7-11-9(5-1)10-6-2-4-8-12-10;1-2;/h1-8H;;1H/p-1. The molecule has 0 amide bonds. The Hall–Kier alpha value is -0.577. The van der Waals surface area contributed by atoms with E-state index in [2.05, 4.69) is 20.0 Å². The minimum absolute atomic E-state index is 0. The van der Waals surface area contributed by atoms with E-state index in [1.807, 2.05) is 36.4 Å². The van der Waals surface area contributed by atoms with Crippen molar-refractivity contribution in [2.45, 2.75) is 0 Å². The summed E-state index contributed by atoms with van der Waals surface area (Å²) in [6.45, 7) is 0. The maximum atomic E-state index is 4.64. The van der Waals surface area contributed by atoms with Crippen LogP contribution in [-0.2, 0) is 0 Å². The summed E-state index contributed by atoms with van der Waals surface area (Å²) in [5, 5.41) is 0. The molecule has 0 aliphatic rings. The second-order valence-corrected chi connectivity index (χ2v) is 2.43. The summed E-state index contributed by atoms with van der Waals surface area (Å²) >= 11 is 1.47. The van der Waals surface area contributed by atoms with Gasteiger partial charge in [0.25, 0.3) is 0 Å². The maximum Gasteiger partial charge on any atom is 0.0886 e. The molecule has 0 aromatic carbocycles. The number of halogens is 2. The molecule has 0 bridgehead atoms. The predicted octanol–water partition coefficient (Wildman–Crippen LogP) is -0.544. The van der Waals surface area contributed by atoms with Crippen molar-refractivity contribution < 1.29 is 12.4 Å². The van der Waals surface area contributed by atoms with Crippen molar-refractivity contribution in [1.29, 1.82) is 0 Å². The molecule has 0 aliphatic carbocycles. The minimum atomic E-state index is 0. The fourth-order valence-corrected chi connectivity index (χ4v) is 1.03. The van der Waals surface area contributed by atoms with Crippen LogP contribution in [0.5, 0.6) is 0 Å². The zero-order valence-electron chi connectivity index (χ0n) is 7.77. The van der Waals surface area contributed by atoms with Gasteiger partial charge in [-0.25, -0.2) is 0 Å². The quantitative estimate of drug-likeness (QED) is 0.661. The molecule has 2 rings (SSSR count). The third-order valence-corrected chi connectivity index (χ3v) is 1.59. The van der Waals surface area contributed by atoms with E-state index in [9.17, 15) is 0 Å². The van der Waals surface area contributed by atoms with Gasteiger partial charge < -0.3 is 12.4 Å². The molecule has 3 radical (unpaired) electrons. The molecule has 2 heterocycles. The van der Waals surface area contributed by atoms with Gasteiger partial charge in [0.1, 0.15) is 0 Å². The summed E-state index contributed by atoms with van der Waals surface area (Å²) in [4.78, 5) is 8.37. The average molecular weight is 300 g/mol. The molecule has 0 unspecified atom stereocenters. The van der Waals surface area contributed by atoms with Crippen LogP contribution < -0.4 is 12.4 Å². The van der Waals surface area contributed by atoms with Crippen molar-refractivity contribution in [2.24, 2.45) is 0 Å². The zero-order valence-corrected chi connectivity index (χ0v) is 11.4. The van der Waals surface area contributed by atoms with Gasteiger partial charge in [-0.05, 0) is 24.3 Å². The fourth-order valence-electron chi connectivity index (χ4n) is 1.03. The molecule has 0 atom stereocenters. The van der Waals surface area contributed by atoms with Gasteiger partial charge in [0.05, 0.1) is 11.4 Å². The monoisotopic (exact) mass is 300 g/mol. The van der Waals surface area contributed by atoms with Gasteiger partial charge in [0.2, 0.25) is 0 Å². The Labute approximate surface area is 108 Å². The van der Waals surface area contributed by atoms with E-state index in [4.69, 9.17) is 0 Å². The molecule has 2 aromatic rings. The molecule has 0 aliphatic heterocycles. The summed E-state index contributed by atoms with van der Waals surface area (Å²) < 4.78 is 0. The van der Waals surface area contributed by atoms with E-state index in [-0.39, 0.29) is 12.4 Å². The van der Waals surface area contributed by atoms with Crippen LogP contribution in [0.1, 0.15) is 0 Å². The van der Waals surface area contributed by atoms with E-state index in [1.54, 1.807) is 12.4 Å². The zero-order chi connectivity index (χ0) is 10.2. The Morgan fingerprint density at radius 1 is 0.800 bits per heavy atom. The Morgan fingerprint density at radius 2 is 1.20 bits per heavy atom. The Bertz CT molecular complexity index is 319. The normalized spacial score (nSPS) is 8.13. The average Bonchev–Trinajstić information content (AvgIpc) is 2.34. The molecule has 2 nitrogen and oxygen atoms in total. The molecule has 5 heteroatoms. The van der Waals surface area contributed by atoms with Crippen molar-refractivity contribution in [3.8, 4) is 11.4 Å². The smallest absolute Gasteiger partial charge is 0.0886 e. The Balaban J connectivity index is 0.000000617. The van der Waals surface area contributed by atoms with Crippen LogP contribution in [-0.4, -0.2) is 25.6 Å². The second-order valence-electron chi connectivity index (χ2n) is 2.43. The van der Waals surface area contributed by atoms with Gasteiger partial charge in [0, 0.05) is 12.4 Å². The van der Waals surface area contributed by atoms with Crippen molar-refractivity contribution in [3.63, 3.8) is 0 Å². The number of pyridine rings is 2. The predicted molar refractivity (Wildman–Crippen MR) is 59.1 cm³/mol. The number of nitrogens with zero attached hydrogens (tertiary/aromatic N) is 2. The summed E-state index contributed by atoms with van der Waals surface area (Å²) in [5.41, 5.74) is 1.83. The SMILES string of the molecule is [Cl-].[Cl][Ge].c1ccc(-c2ccccn2)nc1. The van der Waals surface area contributed by atoms with Crippen LogP contribution in [0.25, 0.3) is 11.4 Å². The molecule has 0 saturated carbocycles. The Morgan fingerprint density at radius 3 is 1.47 bits per heavy atom. The topological polar surface area (TPSA) is 25.8 Å². The largest absolute Gasteiger partial charge is 0.255 e. The molecule has 0 fully saturated rings. The van der Waals surface area contributed by atoms with E-state index in [0.717, 1.165) is 11.4 Å². The summed E-state index contributed by atoms with van der Waals surface area (Å²) in [7, 11) is 4.64. The summed E-state index contributed by atoms with van der Waals surface area (Å²) in [5.74, 6) is 0. The van der Waals surface area contributed by atoms with Crippen molar-refractivity contribution in [1.82, 2.24) is 9.97 Å². The first-order valence-corrected chi connectivity index (χ1v) is 6.74. The minimum Gasteiger partial charge on any atom is -0.255 e. The number of rotatable bonds is 1. The molecular formula is C10H8Cl2GeN2-. The first-order chi connectivity index (χ1) is 6.97. The number of aromatic nitrogens is 2. The molecule has 0 saturated heterocycles. The second kappa shape index (κ2) is 8.71. The van der Waals surface area contributed by atoms with Crippen molar-refractivity contribution in [3.05, 3.63) is 48.8 Å². The fraction of sp³-hybridized carbons (Fsp3) is 0. The molecule has 2 aromatic heterocycles. The van der Waals surface area contributed by atoms with Crippen molar-refractivity contribution in [2.75, 3.05) is 0 Å². The van der Waals surface area contributed by atoms with Crippen LogP contribution in [0.3, 0.4) is 0 Å². The first kappa shape index (κ1) is 14.4. The van der Waals surface area contributed by atoms with E-state index < -0.39 is 0 Å². The number of hydrogen-bond donors (Lipinski definition) is 0. The third kappa shape index (κ3) is 4.64. The molecule has 77 valence electrons.